The van der Waals surface area contributed by atoms with Crippen LogP contribution in [0.4, 0.5) is 0 Å². The van der Waals surface area contributed by atoms with E-state index in [0.29, 0.717) is 17.6 Å². The Kier molecular flexibility index (Phi) is 3.53. The van der Waals surface area contributed by atoms with Crippen LogP contribution in [0.2, 0.25) is 0 Å². The van der Waals surface area contributed by atoms with E-state index in [0.717, 1.165) is 11.8 Å². The van der Waals surface area contributed by atoms with Crippen molar-refractivity contribution in [2.24, 2.45) is 11.8 Å². The van der Waals surface area contributed by atoms with Crippen molar-refractivity contribution < 1.29 is 5.11 Å². The summed E-state index contributed by atoms with van der Waals surface area (Å²) in [7, 11) is 0. The first-order valence-electron chi connectivity index (χ1n) is 6.35. The molecule has 2 heteroatoms. The Labute approximate surface area is 112 Å². The predicted molar refractivity (Wildman–Crippen MR) is 75.9 cm³/mol. The average molecular weight is 297 g/mol. The summed E-state index contributed by atoms with van der Waals surface area (Å²) >= 11 is 3.53. The number of phenols is 1. The average Bonchev–Trinajstić information content (AvgIpc) is 2.52. The molecule has 0 aliphatic heterocycles. The van der Waals surface area contributed by atoms with Gasteiger partial charge in [0.2, 0.25) is 0 Å². The smallest absolute Gasteiger partial charge is 0.119 e. The zero-order valence-corrected chi connectivity index (χ0v) is 12.4. The van der Waals surface area contributed by atoms with E-state index in [-0.39, 0.29) is 5.41 Å². The maximum Gasteiger partial charge on any atom is 0.119 e. The second kappa shape index (κ2) is 4.64. The van der Waals surface area contributed by atoms with Crippen molar-refractivity contribution in [1.29, 1.82) is 0 Å². The second-order valence-electron chi connectivity index (χ2n) is 5.80. The molecule has 0 bridgehead atoms. The highest BCUT2D eigenvalue weighted by Gasteiger charge is 2.43. The van der Waals surface area contributed by atoms with Crippen LogP contribution in [0.1, 0.15) is 38.3 Å². The van der Waals surface area contributed by atoms with Crippen molar-refractivity contribution in [3.05, 3.63) is 29.3 Å². The lowest BCUT2D eigenvalue weighted by Crippen LogP contribution is -2.29. The molecule has 1 N–H and O–H groups in total. The highest BCUT2D eigenvalue weighted by Crippen LogP contribution is 2.50. The number of aromatic hydroxyl groups is 1. The Morgan fingerprint density at radius 3 is 2.76 bits per heavy atom. The van der Waals surface area contributed by atoms with Crippen LogP contribution in [0.5, 0.6) is 5.75 Å². The summed E-state index contributed by atoms with van der Waals surface area (Å²) in [6.45, 7) is 6.87. The molecule has 0 saturated carbocycles. The van der Waals surface area contributed by atoms with Crippen molar-refractivity contribution in [3.8, 4) is 5.75 Å². The molecule has 94 valence electrons. The Morgan fingerprint density at radius 2 is 2.18 bits per heavy atom. The van der Waals surface area contributed by atoms with Gasteiger partial charge in [-0.25, -0.2) is 0 Å². The first-order valence-corrected chi connectivity index (χ1v) is 7.48. The minimum atomic E-state index is 0.0856. The number of hydrogen-bond acceptors (Lipinski definition) is 1. The number of alkyl halides is 1. The van der Waals surface area contributed by atoms with Crippen molar-refractivity contribution in [3.63, 3.8) is 0 Å². The molecule has 0 saturated heterocycles. The summed E-state index contributed by atoms with van der Waals surface area (Å²) < 4.78 is 0. The molecule has 1 nitrogen and oxygen atoms in total. The van der Waals surface area contributed by atoms with Gasteiger partial charge in [-0.3, -0.25) is 0 Å². The van der Waals surface area contributed by atoms with E-state index < -0.39 is 0 Å². The summed E-state index contributed by atoms with van der Waals surface area (Å²) in [5.41, 5.74) is 2.59. The van der Waals surface area contributed by atoms with E-state index in [1.165, 1.54) is 17.5 Å². The fraction of sp³-hybridized carbons (Fsp3) is 0.600. The normalized spacial score (nSPS) is 23.4. The van der Waals surface area contributed by atoms with Crippen LogP contribution in [-0.4, -0.2) is 10.4 Å². The molecule has 0 fully saturated rings. The minimum absolute atomic E-state index is 0.0856. The van der Waals surface area contributed by atoms with Gasteiger partial charge in [-0.05, 0) is 41.7 Å². The van der Waals surface area contributed by atoms with Crippen LogP contribution in [0.25, 0.3) is 0 Å². The van der Waals surface area contributed by atoms with Crippen molar-refractivity contribution in [1.82, 2.24) is 0 Å². The van der Waals surface area contributed by atoms with Crippen LogP contribution in [0, 0.1) is 11.8 Å². The number of hydrogen-bond donors (Lipinski definition) is 1. The minimum Gasteiger partial charge on any atom is -0.508 e. The number of phenolic OH excluding ortho intramolecular Hbond substituents is 1. The molecule has 17 heavy (non-hydrogen) atoms. The van der Waals surface area contributed by atoms with Gasteiger partial charge >= 0.3 is 0 Å². The fourth-order valence-electron chi connectivity index (χ4n) is 3.46. The quantitative estimate of drug-likeness (QED) is 0.826. The van der Waals surface area contributed by atoms with Crippen LogP contribution in [0.15, 0.2) is 18.2 Å². The summed E-state index contributed by atoms with van der Waals surface area (Å²) in [6.07, 6.45) is 2.30. The molecule has 0 radical (unpaired) electrons. The fourth-order valence-corrected chi connectivity index (χ4v) is 4.19. The molecule has 1 aliphatic rings. The summed E-state index contributed by atoms with van der Waals surface area (Å²) in [5.74, 6) is 1.78. The van der Waals surface area contributed by atoms with Crippen molar-refractivity contribution in [2.75, 3.05) is 5.33 Å². The predicted octanol–water partition coefficient (Wildman–Crippen LogP) is 4.26. The molecule has 0 spiro atoms. The van der Waals surface area contributed by atoms with Crippen LogP contribution >= 0.6 is 15.9 Å². The molecule has 0 aromatic heterocycles. The number of rotatable bonds is 3. The van der Waals surface area contributed by atoms with Crippen molar-refractivity contribution >= 4 is 15.9 Å². The topological polar surface area (TPSA) is 20.2 Å². The van der Waals surface area contributed by atoms with E-state index in [9.17, 15) is 5.11 Å². The first kappa shape index (κ1) is 12.9. The van der Waals surface area contributed by atoms with E-state index >= 15 is 0 Å². The second-order valence-corrected chi connectivity index (χ2v) is 6.59. The van der Waals surface area contributed by atoms with E-state index in [1.54, 1.807) is 0 Å². The molecule has 2 atom stereocenters. The van der Waals surface area contributed by atoms with E-state index in [2.05, 4.69) is 42.8 Å². The highest BCUT2D eigenvalue weighted by molar-refractivity contribution is 9.09. The van der Waals surface area contributed by atoms with Gasteiger partial charge in [0.15, 0.2) is 0 Å². The zero-order valence-electron chi connectivity index (χ0n) is 10.8. The Morgan fingerprint density at radius 1 is 1.47 bits per heavy atom. The SMILES string of the molecule is C[C@@H](CCBr)[C@@H]1Cc2cccc(O)c2C1(C)C. The van der Waals surface area contributed by atoms with Gasteiger partial charge in [-0.2, -0.15) is 0 Å². The maximum absolute atomic E-state index is 10.1. The zero-order chi connectivity index (χ0) is 12.6. The van der Waals surface area contributed by atoms with Gasteiger partial charge in [0.25, 0.3) is 0 Å². The Hall–Kier alpha value is -0.500. The van der Waals surface area contributed by atoms with Crippen LogP contribution < -0.4 is 0 Å². The van der Waals surface area contributed by atoms with Gasteiger partial charge in [-0.1, -0.05) is 48.8 Å². The van der Waals surface area contributed by atoms with E-state index in [4.69, 9.17) is 0 Å². The largest absolute Gasteiger partial charge is 0.508 e. The Bertz CT molecular complexity index is 411. The maximum atomic E-state index is 10.1. The molecule has 1 aliphatic carbocycles. The van der Waals surface area contributed by atoms with Gasteiger partial charge in [0, 0.05) is 10.9 Å². The molecule has 0 amide bonds. The molecule has 0 heterocycles. The lowest BCUT2D eigenvalue weighted by atomic mass is 9.72. The monoisotopic (exact) mass is 296 g/mol. The summed E-state index contributed by atoms with van der Waals surface area (Å²) in [5, 5.41) is 11.1. The number of fused-ring (bicyclic) bond motifs is 1. The third-order valence-corrected chi connectivity index (χ3v) is 4.85. The molecule has 1 aromatic rings. The van der Waals surface area contributed by atoms with Gasteiger partial charge in [-0.15, -0.1) is 0 Å². The molecule has 0 unspecified atom stereocenters. The number of benzene rings is 1. The third-order valence-electron chi connectivity index (χ3n) is 4.39. The first-order chi connectivity index (χ1) is 7.98. The standard InChI is InChI=1S/C15H21BrO/c1-10(7-8-16)12-9-11-5-4-6-13(17)14(11)15(12,2)3/h4-6,10,12,17H,7-9H2,1-3H3/t10-,12-/m0/s1. The van der Waals surface area contributed by atoms with Gasteiger partial charge in [0.05, 0.1) is 0 Å². The molecule has 1 aromatic carbocycles. The lowest BCUT2D eigenvalue weighted by Gasteiger charge is -2.33. The van der Waals surface area contributed by atoms with Crippen LogP contribution in [-0.2, 0) is 11.8 Å². The van der Waals surface area contributed by atoms with Crippen molar-refractivity contribution in [2.45, 2.75) is 39.0 Å². The summed E-state index contributed by atoms with van der Waals surface area (Å²) in [6, 6.07) is 5.94. The Balaban J connectivity index is 2.37. The van der Waals surface area contributed by atoms with Crippen LogP contribution in [0.3, 0.4) is 0 Å². The van der Waals surface area contributed by atoms with Gasteiger partial charge in [0.1, 0.15) is 5.75 Å². The molecular formula is C15H21BrO. The summed E-state index contributed by atoms with van der Waals surface area (Å²) in [4.78, 5) is 0. The molecular weight excluding hydrogens is 276 g/mol. The lowest BCUT2D eigenvalue weighted by molar-refractivity contribution is 0.242. The molecule has 2 rings (SSSR count). The van der Waals surface area contributed by atoms with Gasteiger partial charge < -0.3 is 5.11 Å². The van der Waals surface area contributed by atoms with E-state index in [1.807, 2.05) is 12.1 Å². The highest BCUT2D eigenvalue weighted by atomic mass is 79.9. The third kappa shape index (κ3) is 2.12. The number of halogens is 1.